The van der Waals surface area contributed by atoms with Gasteiger partial charge in [0.2, 0.25) is 0 Å². The maximum Gasteiger partial charge on any atom is 0.313 e. The molecular weight excluding hydrogens is 399 g/mol. The van der Waals surface area contributed by atoms with E-state index < -0.39 is 10.8 Å². The summed E-state index contributed by atoms with van der Waals surface area (Å²) in [5, 5.41) is 0.246. The van der Waals surface area contributed by atoms with Crippen LogP contribution in [0, 0.1) is 70.0 Å². The number of methoxy groups -OCH3 is 2. The van der Waals surface area contributed by atoms with Gasteiger partial charge in [-0.3, -0.25) is 9.59 Å². The molecule has 8 rings (SSSR count). The molecule has 0 saturated heterocycles. The first-order chi connectivity index (χ1) is 13.5. The van der Waals surface area contributed by atoms with Gasteiger partial charge in [-0.1, -0.05) is 0 Å². The molecule has 0 spiro atoms. The number of esters is 2. The zero-order valence-corrected chi connectivity index (χ0v) is 17.7. The standard InChI is InChI=1S/C22H26Cl2O4/c1-27-19(25)21-15-7-3-5-10(24)12(7)18-13(15)14-16(22(18,21)20(26)28-2)8-4-6-9(23)11(8)17(14)21/h7-18H,3-6H2,1-2H3/t7-,8+,9-,10-,11+,12+,13-,14+,15-,16-,17+,18-,21+,22+/m0/s1. The fourth-order valence-electron chi connectivity index (χ4n) is 11.6. The van der Waals surface area contributed by atoms with Crippen LogP contribution in [0.5, 0.6) is 0 Å². The third kappa shape index (κ3) is 1.26. The first-order valence-corrected chi connectivity index (χ1v) is 11.8. The summed E-state index contributed by atoms with van der Waals surface area (Å²) in [6.45, 7) is 0. The highest BCUT2D eigenvalue weighted by atomic mass is 35.5. The summed E-state index contributed by atoms with van der Waals surface area (Å²) in [7, 11) is 2.99. The van der Waals surface area contributed by atoms with E-state index in [0.717, 1.165) is 25.7 Å². The fraction of sp³-hybridized carbons (Fsp3) is 0.909. The number of hydrogen-bond donors (Lipinski definition) is 0. The molecule has 0 amide bonds. The van der Waals surface area contributed by atoms with Crippen molar-refractivity contribution in [3.63, 3.8) is 0 Å². The largest absolute Gasteiger partial charge is 0.469 e. The van der Waals surface area contributed by atoms with Gasteiger partial charge in [-0.15, -0.1) is 23.2 Å². The van der Waals surface area contributed by atoms with Crippen LogP contribution >= 0.6 is 23.2 Å². The van der Waals surface area contributed by atoms with E-state index in [1.165, 1.54) is 14.2 Å². The lowest BCUT2D eigenvalue weighted by molar-refractivity contribution is -0.208. The molecule has 0 aliphatic heterocycles. The minimum absolute atomic E-state index is 0.123. The number of hydrogen-bond acceptors (Lipinski definition) is 4. The van der Waals surface area contributed by atoms with Gasteiger partial charge in [0.05, 0.1) is 25.0 Å². The Hall–Kier alpha value is -0.480. The van der Waals surface area contributed by atoms with Crippen molar-refractivity contribution in [2.75, 3.05) is 14.2 Å². The molecule has 0 heterocycles. The van der Waals surface area contributed by atoms with Gasteiger partial charge in [0.15, 0.2) is 0 Å². The third-order valence-corrected chi connectivity index (χ3v) is 12.1. The molecule has 0 aromatic heterocycles. The molecule has 8 fully saturated rings. The molecular formula is C22H26Cl2O4. The van der Waals surface area contributed by atoms with E-state index >= 15 is 0 Å². The van der Waals surface area contributed by atoms with E-state index in [0.29, 0.717) is 35.5 Å². The van der Waals surface area contributed by atoms with Crippen molar-refractivity contribution in [2.24, 2.45) is 70.0 Å². The van der Waals surface area contributed by atoms with Crippen molar-refractivity contribution in [1.82, 2.24) is 0 Å². The number of fused-ring (bicyclic) bond motifs is 2. The Balaban J connectivity index is 1.53. The minimum atomic E-state index is -0.722. The van der Waals surface area contributed by atoms with Crippen LogP contribution in [0.4, 0.5) is 0 Å². The summed E-state index contributed by atoms with van der Waals surface area (Å²) < 4.78 is 11.0. The molecule has 8 aliphatic rings. The van der Waals surface area contributed by atoms with E-state index in [4.69, 9.17) is 32.7 Å². The highest BCUT2D eigenvalue weighted by Gasteiger charge is 3.01. The molecule has 0 aromatic carbocycles. The predicted octanol–water partition coefficient (Wildman–Crippen LogP) is 3.34. The van der Waals surface area contributed by atoms with Crippen LogP contribution in [0.1, 0.15) is 25.7 Å². The van der Waals surface area contributed by atoms with Crippen LogP contribution in [-0.4, -0.2) is 36.9 Å². The first-order valence-electron chi connectivity index (χ1n) is 10.9. The van der Waals surface area contributed by atoms with Gasteiger partial charge >= 0.3 is 11.9 Å². The Labute approximate surface area is 175 Å². The summed E-state index contributed by atoms with van der Waals surface area (Å²) in [6.07, 6.45) is 4.15. The average Bonchev–Trinajstić information content (AvgIpc) is 3.49. The SMILES string of the molecule is COC(=O)[C@]12[C@H]3[C@@H]4[C@@H]5[C@H]([C@@H]6[C@H](CC[C@@H]6Cl)[C@@H]51)[C@@]2(C(=O)OC)[C@H]4[C@@H]1CC[C@H](Cl)[C@@H]13. The maximum atomic E-state index is 13.7. The Morgan fingerprint density at radius 3 is 1.43 bits per heavy atom. The molecule has 28 heavy (non-hydrogen) atoms. The van der Waals surface area contributed by atoms with E-state index in [1.807, 2.05) is 0 Å². The zero-order valence-electron chi connectivity index (χ0n) is 16.1. The Bertz CT molecular complexity index is 750. The summed E-state index contributed by atoms with van der Waals surface area (Å²) in [4.78, 5) is 27.4. The second kappa shape index (κ2) is 4.88. The summed E-state index contributed by atoms with van der Waals surface area (Å²) in [6, 6.07) is 0. The quantitative estimate of drug-likeness (QED) is 0.503. The fourth-order valence-corrected chi connectivity index (χ4v) is 12.5. The Kier molecular flexibility index (Phi) is 3.00. The van der Waals surface area contributed by atoms with Gasteiger partial charge in [-0.2, -0.15) is 0 Å². The van der Waals surface area contributed by atoms with Crippen molar-refractivity contribution in [3.05, 3.63) is 0 Å². The van der Waals surface area contributed by atoms with Gasteiger partial charge in [-0.25, -0.2) is 0 Å². The highest BCUT2D eigenvalue weighted by molar-refractivity contribution is 6.21. The number of carbonyl (C=O) groups is 2. The average molecular weight is 425 g/mol. The van der Waals surface area contributed by atoms with Crippen molar-refractivity contribution in [3.8, 4) is 0 Å². The number of carbonyl (C=O) groups excluding carboxylic acids is 2. The van der Waals surface area contributed by atoms with Gasteiger partial charge in [-0.05, 0) is 84.9 Å². The minimum Gasteiger partial charge on any atom is -0.469 e. The van der Waals surface area contributed by atoms with Crippen molar-refractivity contribution in [2.45, 2.75) is 36.4 Å². The molecule has 8 aliphatic carbocycles. The van der Waals surface area contributed by atoms with Crippen molar-refractivity contribution < 1.29 is 19.1 Å². The van der Waals surface area contributed by atoms with Gasteiger partial charge in [0.1, 0.15) is 0 Å². The van der Waals surface area contributed by atoms with Crippen LogP contribution in [0.15, 0.2) is 0 Å². The normalized spacial score (nSPS) is 65.9. The molecule has 0 unspecified atom stereocenters. The Morgan fingerprint density at radius 2 is 1.07 bits per heavy atom. The topological polar surface area (TPSA) is 52.6 Å². The lowest BCUT2D eigenvalue weighted by Crippen LogP contribution is -2.66. The lowest BCUT2D eigenvalue weighted by atomic mass is 9.43. The molecule has 8 bridgehead atoms. The second-order valence-corrected chi connectivity index (χ2v) is 11.8. The molecule has 14 atom stereocenters. The Morgan fingerprint density at radius 1 is 0.679 bits per heavy atom. The van der Waals surface area contributed by atoms with E-state index in [2.05, 4.69) is 0 Å². The molecule has 8 saturated carbocycles. The third-order valence-electron chi connectivity index (χ3n) is 11.1. The summed E-state index contributed by atoms with van der Waals surface area (Å²) >= 11 is 13.7. The predicted molar refractivity (Wildman–Crippen MR) is 102 cm³/mol. The summed E-state index contributed by atoms with van der Waals surface area (Å²) in [5.74, 6) is 3.01. The number of ether oxygens (including phenoxy) is 2. The van der Waals surface area contributed by atoms with E-state index in [-0.39, 0.29) is 46.4 Å². The molecule has 0 N–H and O–H groups in total. The molecule has 6 heteroatoms. The van der Waals surface area contributed by atoms with Crippen molar-refractivity contribution in [1.29, 1.82) is 0 Å². The first kappa shape index (κ1) is 17.2. The van der Waals surface area contributed by atoms with Crippen LogP contribution in [0.3, 0.4) is 0 Å². The highest BCUT2D eigenvalue weighted by Crippen LogP contribution is 2.97. The van der Waals surface area contributed by atoms with Gasteiger partial charge in [0.25, 0.3) is 0 Å². The smallest absolute Gasteiger partial charge is 0.313 e. The van der Waals surface area contributed by atoms with Crippen LogP contribution < -0.4 is 0 Å². The van der Waals surface area contributed by atoms with Crippen molar-refractivity contribution >= 4 is 35.1 Å². The molecule has 0 radical (unpaired) electrons. The molecule has 152 valence electrons. The summed E-state index contributed by atoms with van der Waals surface area (Å²) in [5.41, 5.74) is -1.44. The van der Waals surface area contributed by atoms with E-state index in [9.17, 15) is 9.59 Å². The van der Waals surface area contributed by atoms with Crippen LogP contribution in [0.25, 0.3) is 0 Å². The second-order valence-electron chi connectivity index (χ2n) is 10.6. The van der Waals surface area contributed by atoms with Gasteiger partial charge < -0.3 is 9.47 Å². The molecule has 0 aromatic rings. The maximum absolute atomic E-state index is 13.7. The van der Waals surface area contributed by atoms with E-state index in [1.54, 1.807) is 0 Å². The zero-order chi connectivity index (χ0) is 19.3. The lowest BCUT2D eigenvalue weighted by Gasteiger charge is -2.58. The number of alkyl halides is 2. The number of halogens is 2. The monoisotopic (exact) mass is 424 g/mol. The molecule has 4 nitrogen and oxygen atoms in total. The van der Waals surface area contributed by atoms with Gasteiger partial charge in [0, 0.05) is 10.8 Å². The van der Waals surface area contributed by atoms with Crippen LogP contribution in [-0.2, 0) is 19.1 Å². The number of rotatable bonds is 2. The van der Waals surface area contributed by atoms with Crippen LogP contribution in [0.2, 0.25) is 0 Å².